The zero-order chi connectivity index (χ0) is 20.8. The summed E-state index contributed by atoms with van der Waals surface area (Å²) in [6, 6.07) is 0.808. The standard InChI is InChI=1S/C19H19F3N4O3/c1-19(9-29-10-19)6-16(27)12-7-23-26-3-2-25(8-15(12)26)18(28)24-11-4-13(20)17(22)14(21)5-11/h4-5,7H,2-3,6,8-10H2,1H3,(H,24,28). The first-order valence-electron chi connectivity index (χ1n) is 9.12. The molecular formula is C19H19F3N4O3. The highest BCUT2D eigenvalue weighted by Crippen LogP contribution is 2.32. The molecule has 0 atom stereocenters. The van der Waals surface area contributed by atoms with Crippen molar-refractivity contribution >= 4 is 17.5 Å². The first-order valence-corrected chi connectivity index (χ1v) is 9.12. The van der Waals surface area contributed by atoms with E-state index in [1.165, 1.54) is 11.1 Å². The number of benzene rings is 1. The van der Waals surface area contributed by atoms with E-state index < -0.39 is 23.5 Å². The lowest BCUT2D eigenvalue weighted by atomic mass is 9.82. The highest BCUT2D eigenvalue weighted by molar-refractivity contribution is 5.97. The Morgan fingerprint density at radius 3 is 2.52 bits per heavy atom. The number of amides is 2. The van der Waals surface area contributed by atoms with Crippen LogP contribution >= 0.6 is 0 Å². The summed E-state index contributed by atoms with van der Waals surface area (Å²) in [5.41, 5.74) is 0.680. The molecule has 1 fully saturated rings. The number of Topliss-reactive ketones (excluding diaryl/α,β-unsaturated/α-hetero) is 1. The van der Waals surface area contributed by atoms with Crippen LogP contribution in [0.2, 0.25) is 0 Å². The Morgan fingerprint density at radius 1 is 1.21 bits per heavy atom. The van der Waals surface area contributed by atoms with Crippen LogP contribution in [0.15, 0.2) is 18.3 Å². The van der Waals surface area contributed by atoms with Crippen molar-refractivity contribution in [1.29, 1.82) is 0 Å². The molecule has 0 spiro atoms. The maximum Gasteiger partial charge on any atom is 0.322 e. The van der Waals surface area contributed by atoms with E-state index in [2.05, 4.69) is 10.4 Å². The Hall–Kier alpha value is -2.88. The molecule has 1 N–H and O–H groups in total. The molecule has 10 heteroatoms. The highest BCUT2D eigenvalue weighted by atomic mass is 19.2. The van der Waals surface area contributed by atoms with Crippen molar-refractivity contribution in [2.75, 3.05) is 25.1 Å². The van der Waals surface area contributed by atoms with Crippen LogP contribution in [0.1, 0.15) is 29.4 Å². The van der Waals surface area contributed by atoms with Crippen LogP contribution in [0.3, 0.4) is 0 Å². The number of ketones is 1. The molecule has 0 aliphatic carbocycles. The predicted octanol–water partition coefficient (Wildman–Crippen LogP) is 2.96. The summed E-state index contributed by atoms with van der Waals surface area (Å²) in [6.45, 7) is 3.83. The summed E-state index contributed by atoms with van der Waals surface area (Å²) in [5.74, 6) is -4.45. The Kier molecular flexibility index (Phi) is 4.81. The fourth-order valence-electron chi connectivity index (χ4n) is 3.52. The van der Waals surface area contributed by atoms with Crippen molar-refractivity contribution in [3.63, 3.8) is 0 Å². The third-order valence-corrected chi connectivity index (χ3v) is 5.18. The Bertz CT molecular complexity index is 964. The van der Waals surface area contributed by atoms with Crippen molar-refractivity contribution in [1.82, 2.24) is 14.7 Å². The van der Waals surface area contributed by atoms with Crippen LogP contribution in [0, 0.1) is 22.9 Å². The van der Waals surface area contributed by atoms with Gasteiger partial charge >= 0.3 is 6.03 Å². The second-order valence-corrected chi connectivity index (χ2v) is 7.74. The molecule has 2 amide bonds. The molecule has 3 heterocycles. The van der Waals surface area contributed by atoms with Crippen molar-refractivity contribution in [2.45, 2.75) is 26.4 Å². The number of carbonyl (C=O) groups excluding carboxylic acids is 2. The number of ether oxygens (including phenoxy) is 1. The van der Waals surface area contributed by atoms with E-state index in [1.807, 2.05) is 6.92 Å². The quantitative estimate of drug-likeness (QED) is 0.624. The number of halogens is 3. The van der Waals surface area contributed by atoms with Crippen molar-refractivity contribution in [3.8, 4) is 0 Å². The number of urea groups is 1. The van der Waals surface area contributed by atoms with Crippen molar-refractivity contribution < 1.29 is 27.5 Å². The van der Waals surface area contributed by atoms with Gasteiger partial charge in [-0.05, 0) is 0 Å². The number of hydrogen-bond donors (Lipinski definition) is 1. The predicted molar refractivity (Wildman–Crippen MR) is 95.8 cm³/mol. The summed E-state index contributed by atoms with van der Waals surface area (Å²) < 4.78 is 46.7. The van der Waals surface area contributed by atoms with Gasteiger partial charge in [0.25, 0.3) is 0 Å². The molecule has 0 bridgehead atoms. The number of hydrogen-bond acceptors (Lipinski definition) is 4. The highest BCUT2D eigenvalue weighted by Gasteiger charge is 2.37. The molecule has 2 aromatic rings. The van der Waals surface area contributed by atoms with Gasteiger partial charge < -0.3 is 15.0 Å². The van der Waals surface area contributed by atoms with E-state index in [0.717, 1.165) is 0 Å². The second-order valence-electron chi connectivity index (χ2n) is 7.74. The van der Waals surface area contributed by atoms with Crippen molar-refractivity contribution in [2.24, 2.45) is 5.41 Å². The van der Waals surface area contributed by atoms with Crippen LogP contribution in [0.25, 0.3) is 0 Å². The molecule has 2 aliphatic rings. The van der Waals surface area contributed by atoms with E-state index in [4.69, 9.17) is 4.74 Å². The van der Waals surface area contributed by atoms with E-state index in [9.17, 15) is 22.8 Å². The number of nitrogens with one attached hydrogen (secondary N) is 1. The number of rotatable bonds is 4. The summed E-state index contributed by atoms with van der Waals surface area (Å²) in [7, 11) is 0. The molecule has 0 radical (unpaired) electrons. The summed E-state index contributed by atoms with van der Waals surface area (Å²) in [5, 5.41) is 6.59. The monoisotopic (exact) mass is 408 g/mol. The number of anilines is 1. The van der Waals surface area contributed by atoms with Gasteiger partial charge in [0.15, 0.2) is 23.2 Å². The number of aromatic nitrogens is 2. The first kappa shape index (κ1) is 19.4. The van der Waals surface area contributed by atoms with Gasteiger partial charge in [0, 0.05) is 36.2 Å². The molecule has 154 valence electrons. The van der Waals surface area contributed by atoms with Gasteiger partial charge in [-0.3, -0.25) is 9.48 Å². The molecule has 29 heavy (non-hydrogen) atoms. The van der Waals surface area contributed by atoms with E-state index in [-0.39, 0.29) is 23.4 Å². The summed E-state index contributed by atoms with van der Waals surface area (Å²) >= 11 is 0. The van der Waals surface area contributed by atoms with Crippen LogP contribution in [0.5, 0.6) is 0 Å². The van der Waals surface area contributed by atoms with E-state index >= 15 is 0 Å². The normalized spacial score (nSPS) is 17.4. The lowest BCUT2D eigenvalue weighted by Gasteiger charge is -2.37. The fourth-order valence-corrected chi connectivity index (χ4v) is 3.52. The molecule has 1 saturated heterocycles. The first-order chi connectivity index (χ1) is 13.8. The van der Waals surface area contributed by atoms with Gasteiger partial charge in [0.05, 0.1) is 43.8 Å². The molecule has 1 aromatic heterocycles. The van der Waals surface area contributed by atoms with Gasteiger partial charge in [-0.25, -0.2) is 18.0 Å². The Balaban J connectivity index is 1.47. The molecule has 7 nitrogen and oxygen atoms in total. The Morgan fingerprint density at radius 2 is 1.90 bits per heavy atom. The molecule has 1 aromatic carbocycles. The molecule has 0 saturated carbocycles. The van der Waals surface area contributed by atoms with Gasteiger partial charge in [-0.15, -0.1) is 0 Å². The molecular weight excluding hydrogens is 389 g/mol. The third-order valence-electron chi connectivity index (χ3n) is 5.18. The smallest absolute Gasteiger partial charge is 0.322 e. The van der Waals surface area contributed by atoms with Gasteiger partial charge in [0.2, 0.25) is 0 Å². The average molecular weight is 408 g/mol. The third kappa shape index (κ3) is 3.71. The average Bonchev–Trinajstić information content (AvgIpc) is 3.08. The van der Waals surface area contributed by atoms with Gasteiger partial charge in [-0.1, -0.05) is 6.92 Å². The lowest BCUT2D eigenvalue weighted by molar-refractivity contribution is -0.0996. The molecule has 2 aliphatic heterocycles. The zero-order valence-corrected chi connectivity index (χ0v) is 15.7. The van der Waals surface area contributed by atoms with E-state index in [0.29, 0.717) is 56.1 Å². The zero-order valence-electron chi connectivity index (χ0n) is 15.7. The molecule has 4 rings (SSSR count). The number of nitrogens with zero attached hydrogens (tertiary/aromatic N) is 3. The Labute approximate surface area is 164 Å². The largest absolute Gasteiger partial charge is 0.380 e. The van der Waals surface area contributed by atoms with Crippen LogP contribution in [-0.2, 0) is 17.8 Å². The minimum atomic E-state index is -1.60. The number of fused-ring (bicyclic) bond motifs is 1. The maximum atomic E-state index is 13.4. The SMILES string of the molecule is CC1(CC(=O)c2cnn3c2CN(C(=O)Nc2cc(F)c(F)c(F)c2)CC3)COC1. The van der Waals surface area contributed by atoms with Crippen LogP contribution in [-0.4, -0.2) is 46.3 Å². The van der Waals surface area contributed by atoms with Gasteiger partial charge in [-0.2, -0.15) is 5.10 Å². The van der Waals surface area contributed by atoms with Gasteiger partial charge in [0.1, 0.15) is 0 Å². The lowest BCUT2D eigenvalue weighted by Crippen LogP contribution is -2.42. The fraction of sp³-hybridized carbons (Fsp3) is 0.421. The van der Waals surface area contributed by atoms with E-state index in [1.54, 1.807) is 4.68 Å². The minimum Gasteiger partial charge on any atom is -0.380 e. The summed E-state index contributed by atoms with van der Waals surface area (Å²) in [6.07, 6.45) is 1.83. The van der Waals surface area contributed by atoms with Crippen molar-refractivity contribution in [3.05, 3.63) is 47.0 Å². The second kappa shape index (κ2) is 7.18. The topological polar surface area (TPSA) is 76.5 Å². The summed E-state index contributed by atoms with van der Waals surface area (Å²) in [4.78, 5) is 26.6. The number of carbonyl (C=O) groups is 2. The van der Waals surface area contributed by atoms with Crippen LogP contribution < -0.4 is 5.32 Å². The molecule has 0 unspecified atom stereocenters. The minimum absolute atomic E-state index is 0.0676. The van der Waals surface area contributed by atoms with Crippen LogP contribution in [0.4, 0.5) is 23.7 Å². The maximum absolute atomic E-state index is 13.4.